The fourth-order valence-electron chi connectivity index (χ4n) is 7.63. The molecular formula is C47H59N2O10+. The fourth-order valence-corrected chi connectivity index (χ4v) is 7.63. The van der Waals surface area contributed by atoms with E-state index in [4.69, 9.17) is 33.2 Å². The molecule has 0 unspecified atom stereocenters. The standard InChI is InChI=1S/C47H58N2O10/c1-46(2)35-13-9-11-15-37(35)48(5)42(46)20-17-33(18-21-43-47(3,4)36-14-10-12-16-38(36)49(43)6)19-22-44(50)59-30-28-57-26-24-55-23-25-56-27-29-58-41-32-39(53-7)34(45(51)52)31-40(41)54-8/h9-18,20-21,31-32H,19,22-30H2,1-8H3/p+1. The van der Waals surface area contributed by atoms with Gasteiger partial charge in [-0.3, -0.25) is 4.79 Å². The van der Waals surface area contributed by atoms with Crippen LogP contribution in [0.2, 0.25) is 0 Å². The van der Waals surface area contributed by atoms with Crippen molar-refractivity contribution in [1.82, 2.24) is 0 Å². The molecule has 316 valence electrons. The molecule has 0 radical (unpaired) electrons. The van der Waals surface area contributed by atoms with Gasteiger partial charge in [0.25, 0.3) is 0 Å². The number of para-hydroxylation sites is 2. The Morgan fingerprint density at radius 3 is 1.98 bits per heavy atom. The molecule has 5 rings (SSSR count). The number of hydrogen-bond donors (Lipinski definition) is 1. The van der Waals surface area contributed by atoms with E-state index in [2.05, 4.69) is 124 Å². The van der Waals surface area contributed by atoms with Gasteiger partial charge in [-0.25, -0.2) is 4.79 Å². The SMILES string of the molecule is COc1cc(C(=O)O)c(OC)cc1OCCOCCOCCOCCOC(=O)CCC(C=CC1=[N+](C)c2ccccc2C1(C)C)=CC=C1N(C)c2ccccc2C1(C)C. The van der Waals surface area contributed by atoms with Gasteiger partial charge in [-0.05, 0) is 43.5 Å². The van der Waals surface area contributed by atoms with Crippen LogP contribution in [0.15, 0.2) is 96.2 Å². The van der Waals surface area contributed by atoms with E-state index in [9.17, 15) is 14.7 Å². The quantitative estimate of drug-likeness (QED) is 0.0466. The highest BCUT2D eigenvalue weighted by Crippen LogP contribution is 2.47. The first-order valence-corrected chi connectivity index (χ1v) is 20.0. The predicted octanol–water partition coefficient (Wildman–Crippen LogP) is 7.65. The summed E-state index contributed by atoms with van der Waals surface area (Å²) >= 11 is 0. The summed E-state index contributed by atoms with van der Waals surface area (Å²) in [6.07, 6.45) is 9.41. The number of carboxylic acids is 1. The average molecular weight is 812 g/mol. The monoisotopic (exact) mass is 811 g/mol. The minimum absolute atomic E-state index is 0.0205. The lowest BCUT2D eigenvalue weighted by Gasteiger charge is -2.23. The minimum atomic E-state index is -1.13. The third-order valence-electron chi connectivity index (χ3n) is 10.8. The number of carbonyl (C=O) groups is 2. The third kappa shape index (κ3) is 10.8. The van der Waals surface area contributed by atoms with Crippen molar-refractivity contribution in [1.29, 1.82) is 0 Å². The molecule has 0 saturated carbocycles. The van der Waals surface area contributed by atoms with Gasteiger partial charge in [-0.2, -0.15) is 4.58 Å². The lowest BCUT2D eigenvalue weighted by Crippen LogP contribution is -2.26. The Balaban J connectivity index is 1.04. The molecule has 0 amide bonds. The molecule has 0 bridgehead atoms. The molecule has 0 fully saturated rings. The molecule has 1 N–H and O–H groups in total. The zero-order valence-corrected chi connectivity index (χ0v) is 35.7. The number of carboxylic acid groups (broad SMARTS) is 1. The number of anilines is 1. The summed E-state index contributed by atoms with van der Waals surface area (Å²) in [5.41, 5.74) is 8.05. The number of nitrogens with zero attached hydrogens (tertiary/aromatic N) is 2. The molecule has 59 heavy (non-hydrogen) atoms. The smallest absolute Gasteiger partial charge is 0.339 e. The lowest BCUT2D eigenvalue weighted by atomic mass is 9.81. The highest BCUT2D eigenvalue weighted by molar-refractivity contribution is 6.03. The number of aromatic carboxylic acids is 1. The van der Waals surface area contributed by atoms with E-state index in [0.717, 1.165) is 5.57 Å². The minimum Gasteiger partial charge on any atom is -0.496 e. The van der Waals surface area contributed by atoms with Gasteiger partial charge in [0.1, 0.15) is 31.6 Å². The van der Waals surface area contributed by atoms with Crippen LogP contribution in [-0.4, -0.2) is 109 Å². The molecular weight excluding hydrogens is 753 g/mol. The second-order valence-corrected chi connectivity index (χ2v) is 15.3. The summed E-state index contributed by atoms with van der Waals surface area (Å²) in [6, 6.07) is 19.9. The van der Waals surface area contributed by atoms with Crippen molar-refractivity contribution in [3.8, 4) is 17.2 Å². The first-order valence-electron chi connectivity index (χ1n) is 20.0. The van der Waals surface area contributed by atoms with Crippen LogP contribution in [0.25, 0.3) is 0 Å². The number of rotatable bonds is 22. The summed E-state index contributed by atoms with van der Waals surface area (Å²) in [4.78, 5) is 26.6. The van der Waals surface area contributed by atoms with E-state index in [1.807, 2.05) is 0 Å². The van der Waals surface area contributed by atoms with Crippen molar-refractivity contribution in [2.45, 2.75) is 51.4 Å². The van der Waals surface area contributed by atoms with Gasteiger partial charge in [0.05, 0.1) is 59.3 Å². The third-order valence-corrected chi connectivity index (χ3v) is 10.8. The van der Waals surface area contributed by atoms with Crippen LogP contribution < -0.4 is 19.1 Å². The van der Waals surface area contributed by atoms with Crippen molar-refractivity contribution in [2.75, 3.05) is 86.1 Å². The van der Waals surface area contributed by atoms with Crippen molar-refractivity contribution in [3.05, 3.63) is 113 Å². The summed E-state index contributed by atoms with van der Waals surface area (Å²) < 4.78 is 40.6. The van der Waals surface area contributed by atoms with Gasteiger partial charge < -0.3 is 43.2 Å². The molecule has 12 heteroatoms. The number of likely N-dealkylation sites (N-methyl/N-ethyl adjacent to an activating group) is 1. The van der Waals surface area contributed by atoms with Crippen molar-refractivity contribution in [2.24, 2.45) is 0 Å². The molecule has 2 heterocycles. The van der Waals surface area contributed by atoms with Gasteiger partial charge >= 0.3 is 11.9 Å². The Morgan fingerprint density at radius 2 is 1.36 bits per heavy atom. The Bertz CT molecular complexity index is 2080. The number of hydrogen-bond acceptors (Lipinski definition) is 10. The maximum Gasteiger partial charge on any atom is 0.339 e. The number of allylic oxidation sites excluding steroid dienone is 6. The maximum atomic E-state index is 12.9. The van der Waals surface area contributed by atoms with E-state index in [1.165, 1.54) is 60.3 Å². The summed E-state index contributed by atoms with van der Waals surface area (Å²) in [6.45, 7) is 11.4. The van der Waals surface area contributed by atoms with Gasteiger partial charge in [-0.1, -0.05) is 62.4 Å². The molecule has 3 aromatic carbocycles. The predicted molar refractivity (Wildman–Crippen MR) is 228 cm³/mol. The van der Waals surface area contributed by atoms with Crippen LogP contribution in [0.5, 0.6) is 17.2 Å². The number of benzene rings is 3. The molecule has 0 spiro atoms. The topological polar surface area (TPSA) is 125 Å². The Morgan fingerprint density at radius 1 is 0.746 bits per heavy atom. The van der Waals surface area contributed by atoms with Gasteiger partial charge in [0.15, 0.2) is 17.2 Å². The van der Waals surface area contributed by atoms with Crippen LogP contribution in [0.4, 0.5) is 11.4 Å². The number of methoxy groups -OCH3 is 2. The molecule has 2 aliphatic heterocycles. The van der Waals surface area contributed by atoms with Crippen molar-refractivity contribution in [3.63, 3.8) is 0 Å². The highest BCUT2D eigenvalue weighted by Gasteiger charge is 2.42. The van der Waals surface area contributed by atoms with E-state index in [1.54, 1.807) is 0 Å². The normalized spacial score (nSPS) is 16.1. The van der Waals surface area contributed by atoms with Gasteiger partial charge in [0, 0.05) is 60.1 Å². The number of ether oxygens (including phenoxy) is 7. The molecule has 0 aromatic heterocycles. The second-order valence-electron chi connectivity index (χ2n) is 15.3. The summed E-state index contributed by atoms with van der Waals surface area (Å²) in [5.74, 6) is -0.601. The van der Waals surface area contributed by atoms with Crippen LogP contribution >= 0.6 is 0 Å². The van der Waals surface area contributed by atoms with Gasteiger partial charge in [0.2, 0.25) is 5.69 Å². The van der Waals surface area contributed by atoms with Crippen molar-refractivity contribution >= 4 is 29.0 Å². The molecule has 0 saturated heterocycles. The van der Waals surface area contributed by atoms with Crippen LogP contribution in [0.1, 0.15) is 62.0 Å². The Hall–Kier alpha value is -5.43. The number of carbonyl (C=O) groups excluding carboxylic acids is 1. The summed E-state index contributed by atoms with van der Waals surface area (Å²) in [7, 11) is 7.04. The van der Waals surface area contributed by atoms with Crippen LogP contribution in [-0.2, 0) is 34.6 Å². The zero-order chi connectivity index (χ0) is 42.6. The van der Waals surface area contributed by atoms with E-state index in [-0.39, 0.29) is 66.7 Å². The highest BCUT2D eigenvalue weighted by atomic mass is 16.6. The molecule has 0 atom stereocenters. The zero-order valence-electron chi connectivity index (χ0n) is 35.7. The summed E-state index contributed by atoms with van der Waals surface area (Å²) in [5, 5.41) is 9.35. The maximum absolute atomic E-state index is 12.9. The first-order chi connectivity index (χ1) is 28.3. The number of fused-ring (bicyclic) bond motifs is 2. The van der Waals surface area contributed by atoms with E-state index < -0.39 is 5.97 Å². The van der Waals surface area contributed by atoms with E-state index >= 15 is 0 Å². The average Bonchev–Trinajstić information content (AvgIpc) is 3.54. The lowest BCUT2D eigenvalue weighted by molar-refractivity contribution is -0.401. The van der Waals surface area contributed by atoms with E-state index in [0.29, 0.717) is 38.6 Å². The number of esters is 1. The molecule has 12 nitrogen and oxygen atoms in total. The van der Waals surface area contributed by atoms with Crippen LogP contribution in [0.3, 0.4) is 0 Å². The first kappa shape index (κ1) is 44.7. The second kappa shape index (κ2) is 20.5. The fraction of sp³-hybridized carbons (Fsp3) is 0.426. The molecule has 3 aromatic rings. The Labute approximate surface area is 348 Å². The van der Waals surface area contributed by atoms with Crippen LogP contribution in [0, 0.1) is 0 Å². The Kier molecular flexibility index (Phi) is 15.5. The van der Waals surface area contributed by atoms with Crippen molar-refractivity contribution < 1.29 is 52.4 Å². The van der Waals surface area contributed by atoms with Gasteiger partial charge in [-0.15, -0.1) is 0 Å². The largest absolute Gasteiger partial charge is 0.496 e. The molecule has 2 aliphatic rings. The molecule has 0 aliphatic carbocycles.